The van der Waals surface area contributed by atoms with Gasteiger partial charge in [0.2, 0.25) is 0 Å². The van der Waals surface area contributed by atoms with Crippen LogP contribution in [0, 0.1) is 0 Å². The highest BCUT2D eigenvalue weighted by molar-refractivity contribution is 5.69. The molecule has 1 N–H and O–H groups in total. The molecule has 0 saturated carbocycles. The number of rotatable bonds is 0. The van der Waals surface area contributed by atoms with E-state index in [2.05, 4.69) is 4.99 Å². The van der Waals surface area contributed by atoms with Crippen molar-refractivity contribution in [1.29, 1.82) is 0 Å². The molecule has 40 valence electrons. The number of hydrogen-bond acceptors (Lipinski definition) is 2. The van der Waals surface area contributed by atoms with Crippen LogP contribution in [0.15, 0.2) is 4.99 Å². The molecule has 0 aromatic heterocycles. The van der Waals surface area contributed by atoms with E-state index >= 15 is 0 Å². The van der Waals surface area contributed by atoms with Gasteiger partial charge in [-0.25, -0.2) is 0 Å². The van der Waals surface area contributed by atoms with Crippen LogP contribution in [-0.2, 0) is 0 Å². The van der Waals surface area contributed by atoms with Crippen molar-refractivity contribution in [3.8, 4) is 0 Å². The van der Waals surface area contributed by atoms with Gasteiger partial charge < -0.3 is 5.11 Å². The lowest BCUT2D eigenvalue weighted by atomic mass is 10.1. The van der Waals surface area contributed by atoms with Gasteiger partial charge in [0.25, 0.3) is 0 Å². The van der Waals surface area contributed by atoms with Crippen molar-refractivity contribution >= 4 is 6.21 Å². The molecule has 0 aliphatic carbocycles. The Kier molecular flexibility index (Phi) is 0.889. The highest BCUT2D eigenvalue weighted by atomic mass is 16.3. The van der Waals surface area contributed by atoms with E-state index in [1.54, 1.807) is 13.1 Å². The van der Waals surface area contributed by atoms with Crippen molar-refractivity contribution < 1.29 is 5.11 Å². The van der Waals surface area contributed by atoms with Crippen molar-refractivity contribution in [3.63, 3.8) is 0 Å². The summed E-state index contributed by atoms with van der Waals surface area (Å²) in [5, 5.41) is 9.05. The molecular formula is C5H9NO. The van der Waals surface area contributed by atoms with Gasteiger partial charge in [-0.1, -0.05) is 0 Å². The molecule has 0 unspecified atom stereocenters. The summed E-state index contributed by atoms with van der Waals surface area (Å²) < 4.78 is 0. The van der Waals surface area contributed by atoms with Gasteiger partial charge in [-0.05, 0) is 6.92 Å². The molecule has 1 aliphatic rings. The predicted octanol–water partition coefficient (Wildman–Crippen LogP) is 0.212. The Bertz CT molecular complexity index is 96.3. The second-order valence-electron chi connectivity index (χ2n) is 2.14. The van der Waals surface area contributed by atoms with E-state index in [0.29, 0.717) is 0 Å². The molecule has 1 rings (SSSR count). The fourth-order valence-corrected chi connectivity index (χ4v) is 0.617. The third-order valence-electron chi connectivity index (χ3n) is 1.12. The predicted molar refractivity (Wildman–Crippen MR) is 28.6 cm³/mol. The smallest absolute Gasteiger partial charge is 0.0982 e. The van der Waals surface area contributed by atoms with E-state index in [9.17, 15) is 0 Å². The monoisotopic (exact) mass is 99.1 g/mol. The normalized spacial score (nSPS) is 39.7. The molecule has 1 aliphatic heterocycles. The number of aliphatic hydroxyl groups is 1. The van der Waals surface area contributed by atoms with Crippen LogP contribution in [-0.4, -0.2) is 23.5 Å². The van der Waals surface area contributed by atoms with E-state index < -0.39 is 5.60 Å². The Hall–Kier alpha value is -0.370. The third kappa shape index (κ3) is 0.996. The molecular weight excluding hydrogens is 90.1 g/mol. The van der Waals surface area contributed by atoms with Gasteiger partial charge in [0, 0.05) is 19.2 Å². The Morgan fingerprint density at radius 3 is 2.71 bits per heavy atom. The van der Waals surface area contributed by atoms with Crippen LogP contribution in [0.25, 0.3) is 0 Å². The fraction of sp³-hybridized carbons (Fsp3) is 0.800. The first-order chi connectivity index (χ1) is 3.21. The number of nitrogens with zero attached hydrogens (tertiary/aromatic N) is 1. The second-order valence-corrected chi connectivity index (χ2v) is 2.14. The van der Waals surface area contributed by atoms with E-state index in [-0.39, 0.29) is 0 Å². The van der Waals surface area contributed by atoms with Crippen LogP contribution in [0.1, 0.15) is 13.3 Å². The van der Waals surface area contributed by atoms with Gasteiger partial charge in [0.1, 0.15) is 0 Å². The van der Waals surface area contributed by atoms with Gasteiger partial charge >= 0.3 is 0 Å². The number of hydrogen-bond donors (Lipinski definition) is 1. The van der Waals surface area contributed by atoms with E-state index in [4.69, 9.17) is 5.11 Å². The molecule has 1 heterocycles. The quantitative estimate of drug-likeness (QED) is 0.462. The largest absolute Gasteiger partial charge is 0.384 e. The van der Waals surface area contributed by atoms with Crippen molar-refractivity contribution in [2.45, 2.75) is 18.9 Å². The van der Waals surface area contributed by atoms with Crippen LogP contribution in [0.3, 0.4) is 0 Å². The zero-order valence-corrected chi connectivity index (χ0v) is 4.39. The highest BCUT2D eigenvalue weighted by Gasteiger charge is 2.19. The molecule has 7 heavy (non-hydrogen) atoms. The Morgan fingerprint density at radius 1 is 1.86 bits per heavy atom. The maximum absolute atomic E-state index is 9.05. The molecule has 0 bridgehead atoms. The summed E-state index contributed by atoms with van der Waals surface area (Å²) in [6.07, 6.45) is 2.39. The van der Waals surface area contributed by atoms with Crippen LogP contribution in [0.2, 0.25) is 0 Å². The summed E-state index contributed by atoms with van der Waals surface area (Å²) in [7, 11) is 0. The molecule has 0 radical (unpaired) electrons. The van der Waals surface area contributed by atoms with Crippen molar-refractivity contribution in [1.82, 2.24) is 0 Å². The maximum atomic E-state index is 9.05. The fourth-order valence-electron chi connectivity index (χ4n) is 0.617. The Labute approximate surface area is 42.9 Å². The van der Waals surface area contributed by atoms with Gasteiger partial charge in [0.15, 0.2) is 0 Å². The first-order valence-corrected chi connectivity index (χ1v) is 2.44. The molecule has 0 aromatic carbocycles. The first-order valence-electron chi connectivity index (χ1n) is 2.44. The molecule has 1 atom stereocenters. The van der Waals surface area contributed by atoms with Crippen LogP contribution < -0.4 is 0 Å². The first kappa shape index (κ1) is 4.78. The summed E-state index contributed by atoms with van der Waals surface area (Å²) in [4.78, 5) is 3.86. The summed E-state index contributed by atoms with van der Waals surface area (Å²) in [5.41, 5.74) is -0.597. The Morgan fingerprint density at radius 2 is 2.57 bits per heavy atom. The SMILES string of the molecule is C[C@@]1(O)C=NCC1. The minimum Gasteiger partial charge on any atom is -0.384 e. The topological polar surface area (TPSA) is 32.6 Å². The van der Waals surface area contributed by atoms with Gasteiger partial charge in [-0.15, -0.1) is 0 Å². The van der Waals surface area contributed by atoms with Crippen molar-refractivity contribution in [2.75, 3.05) is 6.54 Å². The maximum Gasteiger partial charge on any atom is 0.0982 e. The minimum atomic E-state index is -0.597. The van der Waals surface area contributed by atoms with Crippen molar-refractivity contribution in [2.24, 2.45) is 4.99 Å². The number of aliphatic imine (C=N–C) groups is 1. The average molecular weight is 99.1 g/mol. The summed E-state index contributed by atoms with van der Waals surface area (Å²) in [5.74, 6) is 0. The van der Waals surface area contributed by atoms with Gasteiger partial charge in [0.05, 0.1) is 5.60 Å². The zero-order chi connectivity index (χ0) is 5.33. The molecule has 0 aromatic rings. The van der Waals surface area contributed by atoms with Crippen LogP contribution in [0.4, 0.5) is 0 Å². The van der Waals surface area contributed by atoms with Gasteiger partial charge in [-0.2, -0.15) is 0 Å². The van der Waals surface area contributed by atoms with Crippen molar-refractivity contribution in [3.05, 3.63) is 0 Å². The lowest BCUT2D eigenvalue weighted by Gasteiger charge is -2.08. The summed E-state index contributed by atoms with van der Waals surface area (Å²) in [6.45, 7) is 2.55. The lowest BCUT2D eigenvalue weighted by molar-refractivity contribution is 0.139. The van der Waals surface area contributed by atoms with E-state index in [0.717, 1.165) is 13.0 Å². The molecule has 0 amide bonds. The minimum absolute atomic E-state index is 0.597. The molecule has 0 saturated heterocycles. The molecule has 2 nitrogen and oxygen atoms in total. The average Bonchev–Trinajstić information content (AvgIpc) is 1.84. The van der Waals surface area contributed by atoms with Crippen LogP contribution >= 0.6 is 0 Å². The van der Waals surface area contributed by atoms with Gasteiger partial charge in [-0.3, -0.25) is 4.99 Å². The van der Waals surface area contributed by atoms with E-state index in [1.807, 2.05) is 0 Å². The third-order valence-corrected chi connectivity index (χ3v) is 1.12. The highest BCUT2D eigenvalue weighted by Crippen LogP contribution is 2.10. The van der Waals surface area contributed by atoms with Crippen LogP contribution in [0.5, 0.6) is 0 Å². The summed E-state index contributed by atoms with van der Waals surface area (Å²) in [6, 6.07) is 0. The van der Waals surface area contributed by atoms with E-state index in [1.165, 1.54) is 0 Å². The lowest BCUT2D eigenvalue weighted by Crippen LogP contribution is -2.21. The summed E-state index contributed by atoms with van der Waals surface area (Å²) >= 11 is 0. The standard InChI is InChI=1S/C5H9NO/c1-5(7)2-3-6-4-5/h4,7H,2-3H2,1H3/t5-/m0/s1. The molecule has 0 fully saturated rings. The molecule has 0 spiro atoms. The zero-order valence-electron chi connectivity index (χ0n) is 4.39. The molecule has 2 heteroatoms. The Balaban J connectivity index is 2.57. The second kappa shape index (κ2) is 1.30.